The molecule has 1 heterocycles. The topological polar surface area (TPSA) is 0 Å². The van der Waals surface area contributed by atoms with Gasteiger partial charge in [0.15, 0.2) is 0 Å². The van der Waals surface area contributed by atoms with Crippen LogP contribution in [0.1, 0.15) is 53.4 Å². The highest BCUT2D eigenvalue weighted by atomic mass is 15.5. The van der Waals surface area contributed by atoms with Gasteiger partial charge in [-0.25, -0.2) is 0 Å². The molecule has 0 spiro atoms. The molecular weight excluding hydrogens is 220 g/mol. The van der Waals surface area contributed by atoms with Crippen molar-refractivity contribution in [2.45, 2.75) is 53.4 Å². The van der Waals surface area contributed by atoms with Crippen molar-refractivity contribution in [2.75, 3.05) is 52.4 Å². The number of nitrogens with zero attached hydrogens (tertiary/aromatic N) is 2. The van der Waals surface area contributed by atoms with Gasteiger partial charge in [-0.1, -0.05) is 27.7 Å². The van der Waals surface area contributed by atoms with Crippen molar-refractivity contribution in [2.24, 2.45) is 0 Å². The third-order valence-corrected chi connectivity index (χ3v) is 4.89. The first kappa shape index (κ1) is 16.0. The molecule has 0 N–H and O–H groups in total. The van der Waals surface area contributed by atoms with E-state index in [1.54, 1.807) is 0 Å². The summed E-state index contributed by atoms with van der Waals surface area (Å²) in [5, 5.41) is 0. The van der Waals surface area contributed by atoms with Gasteiger partial charge in [-0.2, -0.15) is 0 Å². The normalized spacial score (nSPS) is 22.0. The summed E-state index contributed by atoms with van der Waals surface area (Å²) in [6, 6.07) is 0. The Kier molecular flexibility index (Phi) is 6.65. The fourth-order valence-electron chi connectivity index (χ4n) is 4.09. The van der Waals surface area contributed by atoms with Crippen LogP contribution in [0.25, 0.3) is 0 Å². The monoisotopic (exact) mass is 256 g/mol. The quantitative estimate of drug-likeness (QED) is 0.585. The van der Waals surface area contributed by atoms with E-state index >= 15 is 0 Å². The van der Waals surface area contributed by atoms with E-state index in [9.17, 15) is 0 Å². The van der Waals surface area contributed by atoms with Crippen molar-refractivity contribution in [1.29, 1.82) is 0 Å². The van der Waals surface area contributed by atoms with E-state index in [1.807, 2.05) is 0 Å². The molecule has 0 aromatic carbocycles. The van der Waals surface area contributed by atoms with Crippen LogP contribution in [0.5, 0.6) is 0 Å². The average molecular weight is 256 g/mol. The second-order valence-electron chi connectivity index (χ2n) is 6.47. The zero-order valence-corrected chi connectivity index (χ0v) is 13.4. The van der Waals surface area contributed by atoms with E-state index in [-0.39, 0.29) is 0 Å². The fourth-order valence-corrected chi connectivity index (χ4v) is 4.09. The van der Waals surface area contributed by atoms with Gasteiger partial charge in [0.25, 0.3) is 0 Å². The number of rotatable bonds is 8. The Morgan fingerprint density at radius 1 is 0.500 bits per heavy atom. The lowest BCUT2D eigenvalue weighted by Crippen LogP contribution is -2.67. The van der Waals surface area contributed by atoms with Gasteiger partial charge in [0.1, 0.15) is 26.2 Å². The lowest BCUT2D eigenvalue weighted by Gasteiger charge is -2.50. The molecule has 0 aliphatic carbocycles. The predicted octanol–water partition coefficient (Wildman–Crippen LogP) is 3.27. The van der Waals surface area contributed by atoms with Crippen molar-refractivity contribution in [3.05, 3.63) is 0 Å². The zero-order chi connectivity index (χ0) is 13.5. The molecule has 1 saturated heterocycles. The maximum atomic E-state index is 2.35. The van der Waals surface area contributed by atoms with Crippen LogP contribution in [0.3, 0.4) is 0 Å². The van der Waals surface area contributed by atoms with Crippen LogP contribution >= 0.6 is 0 Å². The lowest BCUT2D eigenvalue weighted by molar-refractivity contribution is -1.03. The van der Waals surface area contributed by atoms with Crippen molar-refractivity contribution >= 4 is 0 Å². The first-order valence-electron chi connectivity index (χ1n) is 8.36. The smallest absolute Gasteiger partial charge is 0.129 e. The molecule has 18 heavy (non-hydrogen) atoms. The molecule has 0 unspecified atom stereocenters. The molecule has 0 radical (unpaired) electrons. The van der Waals surface area contributed by atoms with Crippen LogP contribution in [-0.2, 0) is 0 Å². The maximum Gasteiger partial charge on any atom is 0.129 e. The van der Waals surface area contributed by atoms with Gasteiger partial charge in [-0.05, 0) is 25.7 Å². The fraction of sp³-hybridized carbons (Fsp3) is 1.00. The predicted molar refractivity (Wildman–Crippen MR) is 80.6 cm³/mol. The molecule has 0 atom stereocenters. The van der Waals surface area contributed by atoms with Crippen LogP contribution in [0.15, 0.2) is 0 Å². The number of hydrogen-bond acceptors (Lipinski definition) is 0. The lowest BCUT2D eigenvalue weighted by atomic mass is 10.1. The SMILES string of the molecule is CCC[N+]1(CCC)CC[N+](CCC)(CCC)CC1. The molecule has 1 rings (SSSR count). The molecule has 2 heteroatoms. The summed E-state index contributed by atoms with van der Waals surface area (Å²) in [6.07, 6.45) is 5.40. The van der Waals surface area contributed by atoms with Crippen LogP contribution < -0.4 is 0 Å². The first-order valence-corrected chi connectivity index (χ1v) is 8.36. The number of piperazine rings is 1. The Balaban J connectivity index is 2.64. The van der Waals surface area contributed by atoms with Crippen LogP contribution in [-0.4, -0.2) is 61.3 Å². The highest BCUT2D eigenvalue weighted by molar-refractivity contribution is 4.55. The Labute approximate surface area is 115 Å². The van der Waals surface area contributed by atoms with Crippen molar-refractivity contribution in [3.8, 4) is 0 Å². The largest absolute Gasteiger partial charge is 0.314 e. The molecule has 0 aromatic rings. The second kappa shape index (κ2) is 7.49. The summed E-state index contributed by atoms with van der Waals surface area (Å²) in [5.41, 5.74) is 0. The molecule has 0 bridgehead atoms. The van der Waals surface area contributed by atoms with Crippen LogP contribution in [0.2, 0.25) is 0 Å². The third kappa shape index (κ3) is 3.96. The van der Waals surface area contributed by atoms with Crippen molar-refractivity contribution < 1.29 is 8.97 Å². The highest BCUT2D eigenvalue weighted by Crippen LogP contribution is 2.22. The summed E-state index contributed by atoms with van der Waals surface area (Å²) in [7, 11) is 0. The first-order chi connectivity index (χ1) is 8.66. The van der Waals surface area contributed by atoms with Gasteiger partial charge >= 0.3 is 0 Å². The van der Waals surface area contributed by atoms with E-state index in [2.05, 4.69) is 27.7 Å². The molecule has 1 aliphatic heterocycles. The molecule has 1 fully saturated rings. The second-order valence-corrected chi connectivity index (χ2v) is 6.47. The summed E-state index contributed by atoms with van der Waals surface area (Å²) >= 11 is 0. The minimum absolute atomic E-state index is 1.35. The molecule has 0 saturated carbocycles. The standard InChI is InChI=1S/C16H36N2/c1-5-9-17(10-6-2)13-15-18(11-7-3,12-8-4)16-14-17/h5-16H2,1-4H3/q+2. The molecule has 0 amide bonds. The minimum Gasteiger partial charge on any atom is -0.314 e. The van der Waals surface area contributed by atoms with E-state index in [0.717, 1.165) is 0 Å². The molecular formula is C16H36N2+2. The van der Waals surface area contributed by atoms with Crippen molar-refractivity contribution in [3.63, 3.8) is 0 Å². The van der Waals surface area contributed by atoms with Crippen molar-refractivity contribution in [1.82, 2.24) is 0 Å². The van der Waals surface area contributed by atoms with Gasteiger partial charge in [0.2, 0.25) is 0 Å². The molecule has 1 aliphatic rings. The maximum absolute atomic E-state index is 2.35. The Morgan fingerprint density at radius 3 is 0.889 bits per heavy atom. The van der Waals surface area contributed by atoms with Gasteiger partial charge in [0.05, 0.1) is 26.2 Å². The number of hydrogen-bond donors (Lipinski definition) is 0. The Morgan fingerprint density at radius 2 is 0.722 bits per heavy atom. The van der Waals surface area contributed by atoms with E-state index in [1.165, 1.54) is 87.0 Å². The average Bonchev–Trinajstić information content (AvgIpc) is 2.35. The summed E-state index contributed by atoms with van der Waals surface area (Å²) in [6.45, 7) is 20.8. The summed E-state index contributed by atoms with van der Waals surface area (Å²) < 4.78 is 2.83. The van der Waals surface area contributed by atoms with E-state index < -0.39 is 0 Å². The molecule has 0 aromatic heterocycles. The zero-order valence-electron chi connectivity index (χ0n) is 13.4. The van der Waals surface area contributed by atoms with Crippen LogP contribution in [0.4, 0.5) is 0 Å². The van der Waals surface area contributed by atoms with Gasteiger partial charge in [0, 0.05) is 0 Å². The van der Waals surface area contributed by atoms with E-state index in [4.69, 9.17) is 0 Å². The van der Waals surface area contributed by atoms with Gasteiger partial charge < -0.3 is 8.97 Å². The van der Waals surface area contributed by atoms with Crippen LogP contribution in [0, 0.1) is 0 Å². The summed E-state index contributed by atoms with van der Waals surface area (Å²) in [4.78, 5) is 0. The van der Waals surface area contributed by atoms with Gasteiger partial charge in [-0.15, -0.1) is 0 Å². The highest BCUT2D eigenvalue weighted by Gasteiger charge is 2.40. The number of quaternary nitrogens is 2. The molecule has 2 nitrogen and oxygen atoms in total. The molecule has 108 valence electrons. The Bertz CT molecular complexity index is 177. The van der Waals surface area contributed by atoms with Gasteiger partial charge in [-0.3, -0.25) is 0 Å². The minimum atomic E-state index is 1.35. The third-order valence-electron chi connectivity index (χ3n) is 4.89. The summed E-state index contributed by atoms with van der Waals surface area (Å²) in [5.74, 6) is 0. The Hall–Kier alpha value is -0.0800. The van der Waals surface area contributed by atoms with E-state index in [0.29, 0.717) is 0 Å².